The fraction of sp³-hybridized carbons (Fsp3) is 0.600. The molecule has 1 aromatic rings. The lowest BCUT2D eigenvalue weighted by atomic mass is 9.79. The van der Waals surface area contributed by atoms with Crippen molar-refractivity contribution in [2.24, 2.45) is 0 Å². The first kappa shape index (κ1) is 12.6. The number of aliphatic hydroxyl groups is 1. The highest BCUT2D eigenvalue weighted by molar-refractivity contribution is 5.28. The molecule has 1 saturated carbocycles. The first-order chi connectivity index (χ1) is 8.04. The number of hydrogen-bond donors (Lipinski definition) is 1. The maximum atomic E-state index is 10.2. The van der Waals surface area contributed by atoms with Gasteiger partial charge in [-0.1, -0.05) is 30.7 Å². The second-order valence-corrected chi connectivity index (χ2v) is 5.50. The Balaban J connectivity index is 2.11. The predicted molar refractivity (Wildman–Crippen MR) is 69.1 cm³/mol. The largest absolute Gasteiger partial charge is 0.385 e. The molecule has 0 saturated heterocycles. The molecule has 0 radical (unpaired) electrons. The summed E-state index contributed by atoms with van der Waals surface area (Å²) < 4.78 is 5.31. The number of benzene rings is 1. The molecule has 1 fully saturated rings. The Morgan fingerprint density at radius 2 is 1.82 bits per heavy atom. The zero-order chi connectivity index (χ0) is 12.5. The molecule has 2 nitrogen and oxygen atoms in total. The number of ether oxygens (including phenoxy) is 1. The van der Waals surface area contributed by atoms with Gasteiger partial charge in [-0.3, -0.25) is 0 Å². The molecule has 1 N–H and O–H groups in total. The van der Waals surface area contributed by atoms with Crippen LogP contribution in [0.4, 0.5) is 0 Å². The zero-order valence-electron chi connectivity index (χ0n) is 10.9. The Morgan fingerprint density at radius 3 is 2.24 bits per heavy atom. The topological polar surface area (TPSA) is 29.5 Å². The fourth-order valence-corrected chi connectivity index (χ4v) is 2.21. The molecular formula is C15H22O2. The van der Waals surface area contributed by atoms with Crippen molar-refractivity contribution in [3.63, 3.8) is 0 Å². The van der Waals surface area contributed by atoms with Gasteiger partial charge in [0.15, 0.2) is 0 Å². The van der Waals surface area contributed by atoms with Gasteiger partial charge in [-0.15, -0.1) is 0 Å². The number of hydrogen-bond acceptors (Lipinski definition) is 2. The van der Waals surface area contributed by atoms with Crippen molar-refractivity contribution in [3.8, 4) is 0 Å². The molecule has 94 valence electrons. The van der Waals surface area contributed by atoms with Crippen molar-refractivity contribution in [1.29, 1.82) is 0 Å². The van der Waals surface area contributed by atoms with Crippen LogP contribution in [0.25, 0.3) is 0 Å². The highest BCUT2D eigenvalue weighted by Crippen LogP contribution is 2.37. The molecule has 0 heterocycles. The Hall–Kier alpha value is -0.860. The van der Waals surface area contributed by atoms with Gasteiger partial charge in [0.2, 0.25) is 0 Å². The van der Waals surface area contributed by atoms with Crippen molar-refractivity contribution in [1.82, 2.24) is 0 Å². The second-order valence-electron chi connectivity index (χ2n) is 5.50. The van der Waals surface area contributed by atoms with Gasteiger partial charge in [0.05, 0.1) is 5.60 Å². The summed E-state index contributed by atoms with van der Waals surface area (Å²) in [6.07, 6.45) is 3.39. The monoisotopic (exact) mass is 234 g/mol. The van der Waals surface area contributed by atoms with Gasteiger partial charge in [0, 0.05) is 7.11 Å². The van der Waals surface area contributed by atoms with Gasteiger partial charge in [0.25, 0.3) is 0 Å². The molecule has 0 spiro atoms. The maximum absolute atomic E-state index is 10.2. The minimum absolute atomic E-state index is 0.544. The molecule has 2 rings (SSSR count). The zero-order valence-corrected chi connectivity index (χ0v) is 10.9. The molecule has 1 aliphatic carbocycles. The van der Waals surface area contributed by atoms with Gasteiger partial charge >= 0.3 is 0 Å². The fourth-order valence-electron chi connectivity index (χ4n) is 2.21. The summed E-state index contributed by atoms with van der Waals surface area (Å²) in [5.41, 5.74) is 1.79. The van der Waals surface area contributed by atoms with Crippen LogP contribution in [0.5, 0.6) is 0 Å². The van der Waals surface area contributed by atoms with Gasteiger partial charge in [-0.2, -0.15) is 0 Å². The van der Waals surface area contributed by atoms with Gasteiger partial charge in [-0.05, 0) is 43.7 Å². The molecule has 1 unspecified atom stereocenters. The highest BCUT2D eigenvalue weighted by atomic mass is 16.5. The number of aliphatic hydroxyl groups excluding tert-OH is 1. The van der Waals surface area contributed by atoms with Crippen LogP contribution in [-0.4, -0.2) is 17.8 Å². The van der Waals surface area contributed by atoms with Crippen LogP contribution in [0, 0.1) is 0 Å². The van der Waals surface area contributed by atoms with Crippen molar-refractivity contribution in [3.05, 3.63) is 35.4 Å². The van der Waals surface area contributed by atoms with Crippen LogP contribution in [0.1, 0.15) is 56.3 Å². The van der Waals surface area contributed by atoms with Gasteiger partial charge in [0.1, 0.15) is 6.10 Å². The summed E-state index contributed by atoms with van der Waals surface area (Å²) in [5, 5.41) is 10.2. The Morgan fingerprint density at radius 1 is 1.24 bits per heavy atom. The maximum Gasteiger partial charge on any atom is 0.107 e. The van der Waals surface area contributed by atoms with Crippen molar-refractivity contribution < 1.29 is 9.84 Å². The van der Waals surface area contributed by atoms with Crippen molar-refractivity contribution in [2.45, 2.75) is 50.7 Å². The Bertz CT molecular complexity index is 363. The molecule has 1 aliphatic rings. The van der Waals surface area contributed by atoms with Crippen LogP contribution in [0.2, 0.25) is 0 Å². The van der Waals surface area contributed by atoms with E-state index in [1.807, 2.05) is 26.0 Å². The molecule has 1 atom stereocenters. The van der Waals surface area contributed by atoms with E-state index < -0.39 is 11.7 Å². The van der Waals surface area contributed by atoms with Crippen molar-refractivity contribution in [2.75, 3.05) is 7.11 Å². The number of methoxy groups -OCH3 is 1. The molecule has 2 heteroatoms. The molecule has 1 aromatic carbocycles. The average Bonchev–Trinajstić information content (AvgIpc) is 2.27. The summed E-state index contributed by atoms with van der Waals surface area (Å²) in [6.45, 7) is 3.80. The van der Waals surface area contributed by atoms with E-state index in [1.54, 1.807) is 7.11 Å². The standard InChI is InChI=1S/C15H22O2/c1-15(2,17-3)14(16)13-9-7-12(8-10-13)11-5-4-6-11/h7-11,14,16H,4-6H2,1-3H3. The van der Waals surface area contributed by atoms with E-state index in [-0.39, 0.29) is 0 Å². The van der Waals surface area contributed by atoms with Crippen LogP contribution < -0.4 is 0 Å². The van der Waals surface area contributed by atoms with E-state index in [9.17, 15) is 5.11 Å². The molecule has 17 heavy (non-hydrogen) atoms. The van der Waals surface area contributed by atoms with E-state index in [4.69, 9.17) is 4.74 Å². The van der Waals surface area contributed by atoms with Crippen molar-refractivity contribution >= 4 is 0 Å². The lowest BCUT2D eigenvalue weighted by Gasteiger charge is -2.30. The third kappa shape index (κ3) is 2.53. The summed E-state index contributed by atoms with van der Waals surface area (Å²) in [7, 11) is 1.63. The second kappa shape index (κ2) is 4.79. The lowest BCUT2D eigenvalue weighted by molar-refractivity contribution is -0.0793. The lowest BCUT2D eigenvalue weighted by Crippen LogP contribution is -2.31. The van der Waals surface area contributed by atoms with E-state index >= 15 is 0 Å². The SMILES string of the molecule is COC(C)(C)C(O)c1ccc(C2CCC2)cc1. The Labute approximate surface area is 104 Å². The third-order valence-electron chi connectivity index (χ3n) is 4.01. The summed E-state index contributed by atoms with van der Waals surface area (Å²) in [5.74, 6) is 0.747. The van der Waals surface area contributed by atoms with Crippen LogP contribution in [0.3, 0.4) is 0 Å². The summed E-state index contributed by atoms with van der Waals surface area (Å²) >= 11 is 0. The average molecular weight is 234 g/mol. The minimum Gasteiger partial charge on any atom is -0.385 e. The first-order valence-electron chi connectivity index (χ1n) is 6.37. The number of rotatable bonds is 4. The highest BCUT2D eigenvalue weighted by Gasteiger charge is 2.29. The van der Waals surface area contributed by atoms with Crippen LogP contribution >= 0.6 is 0 Å². The molecule has 0 aromatic heterocycles. The quantitative estimate of drug-likeness (QED) is 0.865. The molecular weight excluding hydrogens is 212 g/mol. The third-order valence-corrected chi connectivity index (χ3v) is 4.01. The summed E-state index contributed by atoms with van der Waals surface area (Å²) in [6, 6.07) is 8.35. The van der Waals surface area contributed by atoms with Crippen LogP contribution in [-0.2, 0) is 4.74 Å². The Kier molecular flexibility index (Phi) is 3.55. The smallest absolute Gasteiger partial charge is 0.107 e. The van der Waals surface area contributed by atoms with E-state index in [1.165, 1.54) is 24.8 Å². The molecule has 0 bridgehead atoms. The van der Waals surface area contributed by atoms with Gasteiger partial charge in [-0.25, -0.2) is 0 Å². The predicted octanol–water partition coefficient (Wildman–Crippen LogP) is 3.41. The molecule has 0 aliphatic heterocycles. The first-order valence-corrected chi connectivity index (χ1v) is 6.37. The minimum atomic E-state index is -0.581. The summed E-state index contributed by atoms with van der Waals surface area (Å²) in [4.78, 5) is 0. The van der Waals surface area contributed by atoms with Crippen LogP contribution in [0.15, 0.2) is 24.3 Å². The normalized spacial score (nSPS) is 18.8. The molecule has 0 amide bonds. The van der Waals surface area contributed by atoms with Gasteiger partial charge < -0.3 is 9.84 Å². The van der Waals surface area contributed by atoms with E-state index in [0.717, 1.165) is 11.5 Å². The van der Waals surface area contributed by atoms with E-state index in [0.29, 0.717) is 0 Å². The van der Waals surface area contributed by atoms with E-state index in [2.05, 4.69) is 12.1 Å².